The van der Waals surface area contributed by atoms with Gasteiger partial charge in [0.2, 0.25) is 0 Å². The Morgan fingerprint density at radius 3 is 2.67 bits per heavy atom. The first-order valence-electron chi connectivity index (χ1n) is 7.41. The van der Waals surface area contributed by atoms with Crippen LogP contribution in [0.15, 0.2) is 48.5 Å². The average Bonchev–Trinajstić information content (AvgIpc) is 2.65. The molecule has 0 fully saturated rings. The minimum Gasteiger partial charge on any atom is -0.450 e. The van der Waals surface area contributed by atoms with Crippen molar-refractivity contribution in [3.8, 4) is 0 Å². The normalized spacial score (nSPS) is 16.9. The summed E-state index contributed by atoms with van der Waals surface area (Å²) in [5.41, 5.74) is 2.19. The fraction of sp³-hybridized carbons (Fsp3) is 0.158. The molecule has 0 spiro atoms. The summed E-state index contributed by atoms with van der Waals surface area (Å²) in [5, 5.41) is 0.481. The van der Waals surface area contributed by atoms with Crippen LogP contribution in [0.5, 0.6) is 0 Å². The lowest BCUT2D eigenvalue weighted by Crippen LogP contribution is -2.25. The minimum absolute atomic E-state index is 0.0822. The largest absolute Gasteiger partial charge is 0.450 e. The van der Waals surface area contributed by atoms with E-state index in [-0.39, 0.29) is 12.2 Å². The Hall–Kier alpha value is -2.46. The standard InChI is InChI=1S/C19H14ClFO3/c1-11(22)24-19-10-16(14-4-2-3-5-17(14)21)15-9-13(20)7-6-12(15)8-18(19)23/h2-7,9-10,19H,8H2,1H3. The molecule has 5 heteroatoms. The molecule has 0 aliphatic heterocycles. The third-order valence-corrected chi connectivity index (χ3v) is 4.05. The van der Waals surface area contributed by atoms with E-state index in [9.17, 15) is 14.0 Å². The second-order valence-corrected chi connectivity index (χ2v) is 5.97. The monoisotopic (exact) mass is 344 g/mol. The van der Waals surface area contributed by atoms with Crippen molar-refractivity contribution >= 4 is 28.9 Å². The predicted octanol–water partition coefficient (Wildman–Crippen LogP) is 3.97. The summed E-state index contributed by atoms with van der Waals surface area (Å²) in [4.78, 5) is 23.7. The maximum absolute atomic E-state index is 14.3. The van der Waals surface area contributed by atoms with E-state index in [1.165, 1.54) is 19.1 Å². The quantitative estimate of drug-likeness (QED) is 0.774. The van der Waals surface area contributed by atoms with E-state index in [2.05, 4.69) is 0 Å². The van der Waals surface area contributed by atoms with Crippen molar-refractivity contribution in [1.29, 1.82) is 0 Å². The summed E-state index contributed by atoms with van der Waals surface area (Å²) in [6, 6.07) is 11.4. The summed E-state index contributed by atoms with van der Waals surface area (Å²) in [7, 11) is 0. The van der Waals surface area contributed by atoms with E-state index in [0.29, 0.717) is 27.3 Å². The lowest BCUT2D eigenvalue weighted by atomic mass is 9.93. The van der Waals surface area contributed by atoms with Crippen LogP contribution in [0.1, 0.15) is 23.6 Å². The number of rotatable bonds is 2. The third kappa shape index (κ3) is 3.24. The molecule has 1 aliphatic carbocycles. The highest BCUT2D eigenvalue weighted by Gasteiger charge is 2.27. The zero-order valence-electron chi connectivity index (χ0n) is 12.9. The Kier molecular flexibility index (Phi) is 4.49. The van der Waals surface area contributed by atoms with Gasteiger partial charge in [-0.15, -0.1) is 0 Å². The lowest BCUT2D eigenvalue weighted by Gasteiger charge is -2.13. The molecule has 2 aromatic rings. The molecule has 0 N–H and O–H groups in total. The van der Waals surface area contributed by atoms with Crippen molar-refractivity contribution in [2.75, 3.05) is 0 Å². The molecule has 0 heterocycles. The Morgan fingerprint density at radius 2 is 1.96 bits per heavy atom. The lowest BCUT2D eigenvalue weighted by molar-refractivity contribution is -0.149. The Labute approximate surface area is 143 Å². The highest BCUT2D eigenvalue weighted by molar-refractivity contribution is 6.30. The molecule has 1 aliphatic rings. The fourth-order valence-electron chi connectivity index (χ4n) is 2.77. The van der Waals surface area contributed by atoms with E-state index in [1.54, 1.807) is 36.4 Å². The van der Waals surface area contributed by atoms with Crippen molar-refractivity contribution < 1.29 is 18.7 Å². The smallest absolute Gasteiger partial charge is 0.303 e. The summed E-state index contributed by atoms with van der Waals surface area (Å²) >= 11 is 6.09. The van der Waals surface area contributed by atoms with Gasteiger partial charge in [-0.25, -0.2) is 4.39 Å². The Morgan fingerprint density at radius 1 is 1.21 bits per heavy atom. The van der Waals surface area contributed by atoms with Crippen molar-refractivity contribution in [3.05, 3.63) is 76.1 Å². The van der Waals surface area contributed by atoms with E-state index in [1.807, 2.05) is 0 Å². The maximum atomic E-state index is 14.3. The van der Waals surface area contributed by atoms with Gasteiger partial charge in [0.15, 0.2) is 11.9 Å². The number of hydrogen-bond donors (Lipinski definition) is 0. The van der Waals surface area contributed by atoms with Crippen molar-refractivity contribution in [3.63, 3.8) is 0 Å². The number of ketones is 1. The molecular formula is C19H14ClFO3. The Balaban J connectivity index is 2.23. The highest BCUT2D eigenvalue weighted by atomic mass is 35.5. The number of benzene rings is 2. The summed E-state index contributed by atoms with van der Waals surface area (Å²) in [6.45, 7) is 1.23. The second kappa shape index (κ2) is 6.57. The third-order valence-electron chi connectivity index (χ3n) is 3.82. The van der Waals surface area contributed by atoms with Crippen LogP contribution in [0.25, 0.3) is 5.57 Å². The first-order valence-corrected chi connectivity index (χ1v) is 7.79. The van der Waals surface area contributed by atoms with Gasteiger partial charge in [-0.1, -0.05) is 35.9 Å². The molecule has 0 amide bonds. The van der Waals surface area contributed by atoms with Gasteiger partial charge in [-0.05, 0) is 41.0 Å². The van der Waals surface area contributed by atoms with Crippen LogP contribution < -0.4 is 0 Å². The number of ether oxygens (including phenoxy) is 1. The number of esters is 1. The van der Waals surface area contributed by atoms with Crippen molar-refractivity contribution in [2.24, 2.45) is 0 Å². The molecule has 3 rings (SSSR count). The predicted molar refractivity (Wildman–Crippen MR) is 89.2 cm³/mol. The molecule has 0 saturated heterocycles. The van der Waals surface area contributed by atoms with Gasteiger partial charge in [-0.3, -0.25) is 9.59 Å². The molecule has 1 atom stereocenters. The fourth-order valence-corrected chi connectivity index (χ4v) is 2.94. The first-order chi connectivity index (χ1) is 11.5. The molecule has 24 heavy (non-hydrogen) atoms. The summed E-state index contributed by atoms with van der Waals surface area (Å²) in [6.07, 6.45) is 0.520. The van der Waals surface area contributed by atoms with Crippen molar-refractivity contribution in [1.82, 2.24) is 0 Å². The molecule has 2 aromatic carbocycles. The molecule has 3 nitrogen and oxygen atoms in total. The highest BCUT2D eigenvalue weighted by Crippen LogP contribution is 2.33. The number of carbonyl (C=O) groups excluding carboxylic acids is 2. The van der Waals surface area contributed by atoms with Crippen LogP contribution in [0.4, 0.5) is 4.39 Å². The van der Waals surface area contributed by atoms with Gasteiger partial charge in [0.1, 0.15) is 5.82 Å². The molecule has 122 valence electrons. The number of fused-ring (bicyclic) bond motifs is 1. The number of halogens is 2. The van der Waals surface area contributed by atoms with Gasteiger partial charge < -0.3 is 4.74 Å². The summed E-state index contributed by atoms with van der Waals surface area (Å²) < 4.78 is 19.4. The topological polar surface area (TPSA) is 43.4 Å². The average molecular weight is 345 g/mol. The number of carbonyl (C=O) groups is 2. The van der Waals surface area contributed by atoms with Gasteiger partial charge in [0.05, 0.1) is 0 Å². The van der Waals surface area contributed by atoms with Crippen LogP contribution >= 0.6 is 11.6 Å². The molecule has 0 aromatic heterocycles. The molecule has 1 unspecified atom stereocenters. The number of hydrogen-bond acceptors (Lipinski definition) is 3. The van der Waals surface area contributed by atoms with Crippen LogP contribution in [-0.4, -0.2) is 17.9 Å². The van der Waals surface area contributed by atoms with E-state index in [0.717, 1.165) is 0 Å². The van der Waals surface area contributed by atoms with Crippen LogP contribution in [-0.2, 0) is 20.7 Å². The first kappa shape index (κ1) is 16.4. The van der Waals surface area contributed by atoms with Gasteiger partial charge in [-0.2, -0.15) is 0 Å². The van der Waals surface area contributed by atoms with Crippen LogP contribution in [0.3, 0.4) is 0 Å². The van der Waals surface area contributed by atoms with E-state index < -0.39 is 17.9 Å². The number of Topliss-reactive ketones (excluding diaryl/α,β-unsaturated/α-hetero) is 1. The molecule has 0 bridgehead atoms. The van der Waals surface area contributed by atoms with E-state index >= 15 is 0 Å². The van der Waals surface area contributed by atoms with Crippen molar-refractivity contribution in [2.45, 2.75) is 19.4 Å². The molecular weight excluding hydrogens is 331 g/mol. The maximum Gasteiger partial charge on any atom is 0.303 e. The Bertz CT molecular complexity index is 857. The zero-order valence-corrected chi connectivity index (χ0v) is 13.6. The minimum atomic E-state index is -1.05. The zero-order chi connectivity index (χ0) is 17.3. The molecule has 0 radical (unpaired) electrons. The van der Waals surface area contributed by atoms with Crippen LogP contribution in [0.2, 0.25) is 5.02 Å². The van der Waals surface area contributed by atoms with Gasteiger partial charge >= 0.3 is 5.97 Å². The van der Waals surface area contributed by atoms with Gasteiger partial charge in [0, 0.05) is 23.9 Å². The summed E-state index contributed by atoms with van der Waals surface area (Å²) in [5.74, 6) is -1.26. The SMILES string of the molecule is CC(=O)OC1C=C(c2ccccc2F)c2cc(Cl)ccc2CC1=O. The van der Waals surface area contributed by atoms with Crippen LogP contribution in [0, 0.1) is 5.82 Å². The molecule has 0 saturated carbocycles. The van der Waals surface area contributed by atoms with E-state index in [4.69, 9.17) is 16.3 Å². The second-order valence-electron chi connectivity index (χ2n) is 5.53. The van der Waals surface area contributed by atoms with Gasteiger partial charge in [0.25, 0.3) is 0 Å².